The van der Waals surface area contributed by atoms with Crippen molar-refractivity contribution in [2.45, 2.75) is 33.1 Å². The number of nitrogens with one attached hydrogen (secondary N) is 2. The largest absolute Gasteiger partial charge is 0.356 e. The highest BCUT2D eigenvalue weighted by Crippen LogP contribution is 2.21. The highest BCUT2D eigenvalue weighted by molar-refractivity contribution is 7.15. The van der Waals surface area contributed by atoms with E-state index >= 15 is 0 Å². The van der Waals surface area contributed by atoms with E-state index in [0.29, 0.717) is 25.3 Å². The summed E-state index contributed by atoms with van der Waals surface area (Å²) in [6.45, 7) is 8.78. The Bertz CT molecular complexity index is 931. The lowest BCUT2D eigenvalue weighted by Crippen LogP contribution is -2.45. The van der Waals surface area contributed by atoms with Crippen molar-refractivity contribution in [3.63, 3.8) is 0 Å². The van der Waals surface area contributed by atoms with Crippen LogP contribution in [0.5, 0.6) is 0 Å². The van der Waals surface area contributed by atoms with Crippen LogP contribution in [0, 0.1) is 5.92 Å². The standard InChI is InChI=1S/C23H32N6O3S/c1-3-28(4-2)14-9-13-24-19(30)17-10-8-15-29(16-17)23(32)22-27-26-21(33-22)20(31)25-18-11-6-5-7-12-18/h5-7,11-12,17H,3-4,8-10,13-16H2,1-2H3,(H,24,30)(H,25,31)/t17-/m1/s1. The molecule has 0 saturated carbocycles. The Morgan fingerprint density at radius 1 is 1.12 bits per heavy atom. The maximum atomic E-state index is 12.9. The molecule has 33 heavy (non-hydrogen) atoms. The maximum Gasteiger partial charge on any atom is 0.286 e. The van der Waals surface area contributed by atoms with Crippen LogP contribution in [0.1, 0.15) is 52.7 Å². The molecule has 0 aliphatic carbocycles. The zero-order valence-electron chi connectivity index (χ0n) is 19.2. The molecule has 3 amide bonds. The van der Waals surface area contributed by atoms with Crippen LogP contribution in [0.25, 0.3) is 0 Å². The monoisotopic (exact) mass is 472 g/mol. The second kappa shape index (κ2) is 12.4. The van der Waals surface area contributed by atoms with Crippen LogP contribution in [-0.2, 0) is 4.79 Å². The summed E-state index contributed by atoms with van der Waals surface area (Å²) in [4.78, 5) is 41.9. The number of para-hydroxylation sites is 1. The molecule has 1 saturated heterocycles. The molecule has 1 aliphatic heterocycles. The quantitative estimate of drug-likeness (QED) is 0.515. The van der Waals surface area contributed by atoms with Gasteiger partial charge in [-0.2, -0.15) is 0 Å². The predicted molar refractivity (Wildman–Crippen MR) is 128 cm³/mol. The molecule has 1 aromatic heterocycles. The van der Waals surface area contributed by atoms with E-state index in [4.69, 9.17) is 0 Å². The Balaban J connectivity index is 1.50. The van der Waals surface area contributed by atoms with Gasteiger partial charge in [0, 0.05) is 25.3 Å². The lowest BCUT2D eigenvalue weighted by atomic mass is 9.97. The minimum atomic E-state index is -0.404. The Morgan fingerprint density at radius 2 is 1.85 bits per heavy atom. The minimum absolute atomic E-state index is 0.00719. The number of nitrogens with zero attached hydrogens (tertiary/aromatic N) is 4. The maximum absolute atomic E-state index is 12.9. The van der Waals surface area contributed by atoms with Crippen LogP contribution in [0.3, 0.4) is 0 Å². The fourth-order valence-electron chi connectivity index (χ4n) is 3.82. The van der Waals surface area contributed by atoms with Crippen molar-refractivity contribution in [2.24, 2.45) is 5.92 Å². The van der Waals surface area contributed by atoms with E-state index in [0.717, 1.165) is 50.2 Å². The van der Waals surface area contributed by atoms with Crippen molar-refractivity contribution in [1.29, 1.82) is 0 Å². The van der Waals surface area contributed by atoms with Crippen molar-refractivity contribution >= 4 is 34.7 Å². The van der Waals surface area contributed by atoms with E-state index in [1.54, 1.807) is 17.0 Å². The number of piperidine rings is 1. The fourth-order valence-corrected chi connectivity index (χ4v) is 4.52. The zero-order valence-corrected chi connectivity index (χ0v) is 20.1. The first-order valence-corrected chi connectivity index (χ1v) is 12.3. The Labute approximate surface area is 198 Å². The third kappa shape index (κ3) is 7.06. The number of hydrogen-bond acceptors (Lipinski definition) is 7. The molecule has 3 rings (SSSR count). The number of carbonyl (C=O) groups excluding carboxylic acids is 3. The van der Waals surface area contributed by atoms with Gasteiger partial charge in [-0.3, -0.25) is 14.4 Å². The van der Waals surface area contributed by atoms with Gasteiger partial charge in [0.1, 0.15) is 0 Å². The van der Waals surface area contributed by atoms with E-state index in [1.807, 2.05) is 18.2 Å². The molecule has 1 aromatic carbocycles. The van der Waals surface area contributed by atoms with Gasteiger partial charge < -0.3 is 20.4 Å². The summed E-state index contributed by atoms with van der Waals surface area (Å²) in [6, 6.07) is 9.04. The average molecular weight is 473 g/mol. The molecule has 1 aliphatic rings. The second-order valence-corrected chi connectivity index (χ2v) is 8.97. The number of rotatable bonds is 10. The number of carbonyl (C=O) groups is 3. The van der Waals surface area contributed by atoms with Crippen LogP contribution in [-0.4, -0.2) is 77.0 Å². The van der Waals surface area contributed by atoms with Gasteiger partial charge in [0.2, 0.25) is 15.9 Å². The molecular weight excluding hydrogens is 440 g/mol. The molecule has 0 bridgehead atoms. The number of benzene rings is 1. The summed E-state index contributed by atoms with van der Waals surface area (Å²) >= 11 is 0.965. The molecule has 178 valence electrons. The first-order chi connectivity index (χ1) is 16.0. The van der Waals surface area contributed by atoms with Crippen molar-refractivity contribution in [1.82, 2.24) is 25.3 Å². The van der Waals surface area contributed by atoms with Crippen molar-refractivity contribution in [3.05, 3.63) is 40.3 Å². The molecule has 0 spiro atoms. The van der Waals surface area contributed by atoms with Crippen LogP contribution in [0.4, 0.5) is 5.69 Å². The molecule has 2 N–H and O–H groups in total. The number of amides is 3. The number of aromatic nitrogens is 2. The second-order valence-electron chi connectivity index (χ2n) is 7.99. The molecule has 2 heterocycles. The molecule has 1 fully saturated rings. The Hall–Kier alpha value is -2.85. The number of hydrogen-bond donors (Lipinski definition) is 2. The van der Waals surface area contributed by atoms with Gasteiger partial charge in [0.25, 0.3) is 11.8 Å². The van der Waals surface area contributed by atoms with Crippen LogP contribution < -0.4 is 10.6 Å². The Morgan fingerprint density at radius 3 is 2.58 bits per heavy atom. The first-order valence-electron chi connectivity index (χ1n) is 11.5. The topological polar surface area (TPSA) is 108 Å². The van der Waals surface area contributed by atoms with Gasteiger partial charge in [-0.05, 0) is 51.0 Å². The minimum Gasteiger partial charge on any atom is -0.356 e. The first kappa shape index (κ1) is 24.8. The van der Waals surface area contributed by atoms with E-state index in [-0.39, 0.29) is 27.7 Å². The highest BCUT2D eigenvalue weighted by atomic mass is 32.1. The van der Waals surface area contributed by atoms with Gasteiger partial charge >= 0.3 is 0 Å². The highest BCUT2D eigenvalue weighted by Gasteiger charge is 2.30. The average Bonchev–Trinajstić information content (AvgIpc) is 3.35. The molecule has 0 radical (unpaired) electrons. The lowest BCUT2D eigenvalue weighted by Gasteiger charge is -2.31. The Kier molecular flexibility index (Phi) is 9.32. The van der Waals surface area contributed by atoms with Crippen LogP contribution in [0.2, 0.25) is 0 Å². The van der Waals surface area contributed by atoms with Gasteiger partial charge in [0.15, 0.2) is 0 Å². The summed E-state index contributed by atoms with van der Waals surface area (Å²) in [5.41, 5.74) is 0.646. The zero-order chi connectivity index (χ0) is 23.6. The molecule has 10 heteroatoms. The van der Waals surface area contributed by atoms with E-state index in [9.17, 15) is 14.4 Å². The summed E-state index contributed by atoms with van der Waals surface area (Å²) in [5, 5.41) is 13.9. The predicted octanol–water partition coefficient (Wildman–Crippen LogP) is 2.49. The normalized spacial score (nSPS) is 16.0. The molecule has 2 aromatic rings. The van der Waals surface area contributed by atoms with E-state index in [1.165, 1.54) is 0 Å². The van der Waals surface area contributed by atoms with Crippen molar-refractivity contribution in [3.8, 4) is 0 Å². The smallest absolute Gasteiger partial charge is 0.286 e. The van der Waals surface area contributed by atoms with Gasteiger partial charge in [-0.25, -0.2) is 0 Å². The van der Waals surface area contributed by atoms with Crippen LogP contribution in [0.15, 0.2) is 30.3 Å². The summed E-state index contributed by atoms with van der Waals surface area (Å²) < 4.78 is 0. The van der Waals surface area contributed by atoms with Crippen molar-refractivity contribution < 1.29 is 14.4 Å². The molecule has 9 nitrogen and oxygen atoms in total. The van der Waals surface area contributed by atoms with Crippen LogP contribution >= 0.6 is 11.3 Å². The number of anilines is 1. The fraction of sp³-hybridized carbons (Fsp3) is 0.522. The SMILES string of the molecule is CCN(CC)CCCNC(=O)[C@@H]1CCCN(C(=O)c2nnc(C(=O)Nc3ccccc3)s2)C1. The summed E-state index contributed by atoms with van der Waals surface area (Å²) in [6.07, 6.45) is 2.41. The lowest BCUT2D eigenvalue weighted by molar-refractivity contribution is -0.126. The molecular formula is C23H32N6O3S. The molecule has 1 atom stereocenters. The van der Waals surface area contributed by atoms with Gasteiger partial charge in [0.05, 0.1) is 5.92 Å². The van der Waals surface area contributed by atoms with Gasteiger partial charge in [-0.15, -0.1) is 10.2 Å². The van der Waals surface area contributed by atoms with E-state index < -0.39 is 5.91 Å². The third-order valence-corrected chi connectivity index (χ3v) is 6.67. The summed E-state index contributed by atoms with van der Waals surface area (Å²) in [5.74, 6) is -0.930. The summed E-state index contributed by atoms with van der Waals surface area (Å²) in [7, 11) is 0. The van der Waals surface area contributed by atoms with E-state index in [2.05, 4.69) is 39.6 Å². The van der Waals surface area contributed by atoms with Crippen molar-refractivity contribution in [2.75, 3.05) is 44.6 Å². The third-order valence-electron chi connectivity index (χ3n) is 5.76. The van der Waals surface area contributed by atoms with Gasteiger partial charge in [-0.1, -0.05) is 43.4 Å². The molecule has 0 unspecified atom stereocenters. The number of likely N-dealkylation sites (tertiary alicyclic amines) is 1.